The maximum absolute atomic E-state index is 15.2. The van der Waals surface area contributed by atoms with E-state index in [0.717, 1.165) is 17.7 Å². The van der Waals surface area contributed by atoms with Gasteiger partial charge in [-0.3, -0.25) is 0 Å². The number of aromatic nitrogens is 2. The van der Waals surface area contributed by atoms with E-state index in [4.69, 9.17) is 4.74 Å². The molecule has 0 fully saturated rings. The maximum Gasteiger partial charge on any atom is 0.416 e. The molecule has 0 unspecified atom stereocenters. The van der Waals surface area contributed by atoms with Gasteiger partial charge in [0.25, 0.3) is 0 Å². The molecule has 3 rings (SSSR count). The summed E-state index contributed by atoms with van der Waals surface area (Å²) < 4.78 is 59.1. The minimum atomic E-state index is -4.41. The van der Waals surface area contributed by atoms with Gasteiger partial charge in [-0.2, -0.15) is 17.6 Å². The van der Waals surface area contributed by atoms with Gasteiger partial charge in [-0.25, -0.2) is 14.8 Å². The molecule has 0 saturated heterocycles. The second kappa shape index (κ2) is 11.1. The van der Waals surface area contributed by atoms with E-state index in [0.29, 0.717) is 38.2 Å². The highest BCUT2D eigenvalue weighted by Gasteiger charge is 2.30. The van der Waals surface area contributed by atoms with Gasteiger partial charge in [0.1, 0.15) is 11.9 Å². The summed E-state index contributed by atoms with van der Waals surface area (Å²) in [6.45, 7) is 9.07. The third-order valence-corrected chi connectivity index (χ3v) is 5.54. The van der Waals surface area contributed by atoms with Gasteiger partial charge in [-0.1, -0.05) is 23.8 Å². The van der Waals surface area contributed by atoms with E-state index >= 15 is 4.39 Å². The van der Waals surface area contributed by atoms with Gasteiger partial charge in [-0.15, -0.1) is 0 Å². The first kappa shape index (κ1) is 27.2. The van der Waals surface area contributed by atoms with E-state index in [1.165, 1.54) is 18.5 Å². The summed E-state index contributed by atoms with van der Waals surface area (Å²) in [5.74, 6) is -0.553. The first-order valence-electron chi connectivity index (χ1n) is 11.7. The van der Waals surface area contributed by atoms with Crippen LogP contribution in [0.1, 0.15) is 45.2 Å². The van der Waals surface area contributed by atoms with Gasteiger partial charge < -0.3 is 19.9 Å². The molecule has 0 radical (unpaired) electrons. The highest BCUT2D eigenvalue weighted by atomic mass is 19.4. The maximum atomic E-state index is 15.2. The van der Waals surface area contributed by atoms with Crippen molar-refractivity contribution in [1.29, 1.82) is 0 Å². The van der Waals surface area contributed by atoms with Crippen LogP contribution in [0.15, 0.2) is 42.2 Å². The molecular formula is C25H31F4N5O2. The van der Waals surface area contributed by atoms with Crippen LogP contribution in [0, 0.1) is 5.82 Å². The van der Waals surface area contributed by atoms with Crippen LogP contribution in [-0.4, -0.2) is 52.7 Å². The quantitative estimate of drug-likeness (QED) is 0.385. The predicted molar refractivity (Wildman–Crippen MR) is 129 cm³/mol. The zero-order chi connectivity index (χ0) is 26.5. The number of benzene rings is 1. The Morgan fingerprint density at radius 1 is 1.17 bits per heavy atom. The Morgan fingerprint density at radius 2 is 1.86 bits per heavy atom. The third kappa shape index (κ3) is 7.32. The lowest BCUT2D eigenvalue weighted by molar-refractivity contribution is -0.137. The summed E-state index contributed by atoms with van der Waals surface area (Å²) in [4.78, 5) is 23.5. The molecule has 11 heteroatoms. The van der Waals surface area contributed by atoms with Gasteiger partial charge in [0, 0.05) is 32.7 Å². The van der Waals surface area contributed by atoms with Gasteiger partial charge >= 0.3 is 12.3 Å². The Kier molecular flexibility index (Phi) is 8.42. The van der Waals surface area contributed by atoms with Crippen molar-refractivity contribution >= 4 is 17.7 Å². The Labute approximate surface area is 208 Å². The molecule has 36 heavy (non-hydrogen) atoms. The number of nitrogens with one attached hydrogen (secondary N) is 1. The second-order valence-corrected chi connectivity index (χ2v) is 9.46. The number of nitrogens with zero attached hydrogens (tertiary/aromatic N) is 4. The molecule has 1 aliphatic heterocycles. The molecule has 0 bridgehead atoms. The van der Waals surface area contributed by atoms with Crippen LogP contribution in [0.25, 0.3) is 0 Å². The summed E-state index contributed by atoms with van der Waals surface area (Å²) >= 11 is 0. The van der Waals surface area contributed by atoms with Crippen molar-refractivity contribution in [2.45, 2.75) is 52.4 Å². The predicted octanol–water partition coefficient (Wildman–Crippen LogP) is 5.64. The zero-order valence-electron chi connectivity index (χ0n) is 20.8. The summed E-state index contributed by atoms with van der Waals surface area (Å²) in [5.41, 5.74) is 0.301. The van der Waals surface area contributed by atoms with Crippen LogP contribution in [-0.2, 0) is 17.5 Å². The first-order valence-corrected chi connectivity index (χ1v) is 11.7. The minimum Gasteiger partial charge on any atom is -0.444 e. The topological polar surface area (TPSA) is 70.6 Å². The molecule has 2 aromatic rings. The van der Waals surface area contributed by atoms with E-state index in [1.54, 1.807) is 9.80 Å². The number of halogens is 4. The average Bonchev–Trinajstić information content (AvgIpc) is 2.81. The highest BCUT2D eigenvalue weighted by molar-refractivity contribution is 5.68. The van der Waals surface area contributed by atoms with Crippen molar-refractivity contribution in [3.63, 3.8) is 0 Å². The van der Waals surface area contributed by atoms with Crippen molar-refractivity contribution in [2.24, 2.45) is 0 Å². The van der Waals surface area contributed by atoms with E-state index in [9.17, 15) is 18.0 Å². The molecule has 1 amide bonds. The van der Waals surface area contributed by atoms with E-state index in [1.807, 2.05) is 33.8 Å². The lowest BCUT2D eigenvalue weighted by atomic mass is 10.1. The summed E-state index contributed by atoms with van der Waals surface area (Å²) in [6, 6.07) is 4.77. The Balaban J connectivity index is 1.63. The molecule has 1 aromatic heterocycles. The number of carbonyl (C=O) groups excluding carboxylic acids is 1. The third-order valence-electron chi connectivity index (χ3n) is 5.54. The fraction of sp³-hybridized carbons (Fsp3) is 0.480. The standard InChI is InChI=1S/C25H31F4N5O2/c1-5-33(15-18-6-8-19(9-7-18)25(27,28)29)22-20(26)21(31-16-32-22)30-14-17-10-12-34(13-11-17)23(35)36-24(2,3)4/h6-10,16H,5,11-15H2,1-4H3,(H,30,31,32). The van der Waals surface area contributed by atoms with Crippen molar-refractivity contribution in [1.82, 2.24) is 14.9 Å². The zero-order valence-corrected chi connectivity index (χ0v) is 20.8. The number of rotatable bonds is 7. The molecule has 0 aliphatic carbocycles. The molecule has 196 valence electrons. The molecular weight excluding hydrogens is 478 g/mol. The normalized spacial score (nSPS) is 14.3. The van der Waals surface area contributed by atoms with Crippen molar-refractivity contribution in [2.75, 3.05) is 36.4 Å². The highest BCUT2D eigenvalue weighted by Crippen LogP contribution is 2.30. The number of anilines is 2. The lowest BCUT2D eigenvalue weighted by Crippen LogP contribution is -2.39. The van der Waals surface area contributed by atoms with Crippen LogP contribution in [0.2, 0.25) is 0 Å². The number of alkyl halides is 3. The van der Waals surface area contributed by atoms with Crippen LogP contribution in [0.4, 0.5) is 34.0 Å². The van der Waals surface area contributed by atoms with Crippen molar-refractivity contribution in [3.8, 4) is 0 Å². The number of amides is 1. The van der Waals surface area contributed by atoms with Crippen molar-refractivity contribution < 1.29 is 27.1 Å². The molecule has 7 nitrogen and oxygen atoms in total. The molecule has 0 spiro atoms. The number of hydrogen-bond acceptors (Lipinski definition) is 6. The van der Waals surface area contributed by atoms with Gasteiger partial charge in [-0.05, 0) is 51.8 Å². The van der Waals surface area contributed by atoms with Gasteiger partial charge in [0.15, 0.2) is 11.6 Å². The largest absolute Gasteiger partial charge is 0.444 e. The molecule has 2 heterocycles. The lowest BCUT2D eigenvalue weighted by Gasteiger charge is -2.29. The molecule has 0 saturated carbocycles. The minimum absolute atomic E-state index is 0.0290. The Hall–Kier alpha value is -3.37. The Bertz CT molecular complexity index is 1080. The molecule has 1 aromatic carbocycles. The Morgan fingerprint density at radius 3 is 2.42 bits per heavy atom. The summed E-state index contributed by atoms with van der Waals surface area (Å²) in [5, 5.41) is 2.99. The van der Waals surface area contributed by atoms with Crippen LogP contribution in [0.3, 0.4) is 0 Å². The number of ether oxygens (including phenoxy) is 1. The number of carbonyl (C=O) groups is 1. The van der Waals surface area contributed by atoms with Gasteiger partial charge in [0.2, 0.25) is 5.82 Å². The molecule has 0 atom stereocenters. The van der Waals surface area contributed by atoms with Crippen LogP contribution in [0.5, 0.6) is 0 Å². The SMILES string of the molecule is CCN(Cc1ccc(C(F)(F)F)cc1)c1ncnc(NCC2=CCN(C(=O)OC(C)(C)C)CC2)c1F. The fourth-order valence-corrected chi connectivity index (χ4v) is 3.62. The molecule has 1 N–H and O–H groups in total. The summed E-state index contributed by atoms with van der Waals surface area (Å²) in [7, 11) is 0. The fourth-order valence-electron chi connectivity index (χ4n) is 3.62. The van der Waals surface area contributed by atoms with Crippen LogP contribution < -0.4 is 10.2 Å². The average molecular weight is 510 g/mol. The van der Waals surface area contributed by atoms with E-state index in [-0.39, 0.29) is 24.3 Å². The van der Waals surface area contributed by atoms with Crippen molar-refractivity contribution in [3.05, 3.63) is 59.2 Å². The van der Waals surface area contributed by atoms with E-state index in [2.05, 4.69) is 15.3 Å². The first-order chi connectivity index (χ1) is 16.9. The van der Waals surface area contributed by atoms with Crippen LogP contribution >= 0.6 is 0 Å². The second-order valence-electron chi connectivity index (χ2n) is 9.46. The molecule has 1 aliphatic rings. The van der Waals surface area contributed by atoms with Gasteiger partial charge in [0.05, 0.1) is 5.56 Å². The summed E-state index contributed by atoms with van der Waals surface area (Å²) in [6.07, 6.45) is -1.02. The van der Waals surface area contributed by atoms with E-state index < -0.39 is 23.2 Å². The smallest absolute Gasteiger partial charge is 0.416 e. The number of hydrogen-bond donors (Lipinski definition) is 1. The monoisotopic (exact) mass is 509 g/mol.